The Balaban J connectivity index is 1.65. The standard InChI is InChI=1S/C23H25FN4O3/c1-14-17(19-12-13-25-27-19)10-11-18-22(14)26-20(4-2-3-5-21(29)30)28(23(18)31)16-8-6-15(24)7-9-16/h6-10,12-14,18,22H,2-5,11H2,1H3,(H,25,27)(H,29,30). The molecule has 1 aliphatic heterocycles. The molecule has 4 rings (SSSR count). The van der Waals surface area contributed by atoms with E-state index in [-0.39, 0.29) is 36.0 Å². The number of nitrogens with zero attached hydrogens (tertiary/aromatic N) is 3. The Morgan fingerprint density at radius 2 is 2.03 bits per heavy atom. The summed E-state index contributed by atoms with van der Waals surface area (Å²) in [7, 11) is 0. The highest BCUT2D eigenvalue weighted by atomic mass is 19.1. The second-order valence-corrected chi connectivity index (χ2v) is 8.04. The van der Waals surface area contributed by atoms with Gasteiger partial charge in [0.15, 0.2) is 0 Å². The van der Waals surface area contributed by atoms with E-state index in [1.54, 1.807) is 23.2 Å². The molecule has 2 aliphatic rings. The van der Waals surface area contributed by atoms with Gasteiger partial charge in [0.25, 0.3) is 0 Å². The van der Waals surface area contributed by atoms with Crippen LogP contribution in [0.1, 0.15) is 44.7 Å². The zero-order valence-corrected chi connectivity index (χ0v) is 17.3. The molecule has 8 heteroatoms. The molecule has 1 aromatic heterocycles. The van der Waals surface area contributed by atoms with Crippen molar-refractivity contribution in [1.82, 2.24) is 10.2 Å². The van der Waals surface area contributed by atoms with E-state index < -0.39 is 5.97 Å². The third-order valence-corrected chi connectivity index (χ3v) is 6.02. The van der Waals surface area contributed by atoms with Crippen molar-refractivity contribution in [1.29, 1.82) is 0 Å². The fraction of sp³-hybridized carbons (Fsp3) is 0.391. The van der Waals surface area contributed by atoms with Gasteiger partial charge in [-0.1, -0.05) is 13.0 Å². The van der Waals surface area contributed by atoms with Crippen molar-refractivity contribution in [2.24, 2.45) is 16.8 Å². The normalized spacial score (nSPS) is 23.2. The number of halogens is 1. The number of aliphatic imine (C=N–C) groups is 1. The Morgan fingerprint density at radius 3 is 2.71 bits per heavy atom. The first-order valence-electron chi connectivity index (χ1n) is 10.5. The van der Waals surface area contributed by atoms with Gasteiger partial charge in [-0.05, 0) is 55.2 Å². The van der Waals surface area contributed by atoms with Crippen LogP contribution in [0, 0.1) is 17.7 Å². The van der Waals surface area contributed by atoms with E-state index in [1.165, 1.54) is 12.1 Å². The van der Waals surface area contributed by atoms with Crippen LogP contribution in [0.25, 0.3) is 5.57 Å². The average molecular weight is 424 g/mol. The number of aromatic amines is 1. The smallest absolute Gasteiger partial charge is 0.303 e. The van der Waals surface area contributed by atoms with Gasteiger partial charge in [-0.15, -0.1) is 0 Å². The predicted octanol–water partition coefficient (Wildman–Crippen LogP) is 4.05. The predicted molar refractivity (Wildman–Crippen MR) is 115 cm³/mol. The van der Waals surface area contributed by atoms with Crippen molar-refractivity contribution in [3.8, 4) is 0 Å². The number of amidine groups is 1. The number of carbonyl (C=O) groups excluding carboxylic acids is 1. The third-order valence-electron chi connectivity index (χ3n) is 6.02. The molecular formula is C23H25FN4O3. The Morgan fingerprint density at radius 1 is 1.26 bits per heavy atom. The minimum Gasteiger partial charge on any atom is -0.481 e. The van der Waals surface area contributed by atoms with Crippen LogP contribution in [-0.4, -0.2) is 39.1 Å². The van der Waals surface area contributed by atoms with Gasteiger partial charge in [0.05, 0.1) is 23.3 Å². The van der Waals surface area contributed by atoms with E-state index in [1.807, 2.05) is 6.07 Å². The zero-order chi connectivity index (χ0) is 22.0. The molecule has 7 nitrogen and oxygen atoms in total. The molecule has 2 N–H and O–H groups in total. The molecule has 0 saturated heterocycles. The average Bonchev–Trinajstić information content (AvgIpc) is 3.27. The number of hydrogen-bond donors (Lipinski definition) is 2. The summed E-state index contributed by atoms with van der Waals surface area (Å²) in [6, 6.07) is 7.52. The molecule has 162 valence electrons. The summed E-state index contributed by atoms with van der Waals surface area (Å²) in [5.41, 5.74) is 2.51. The number of unbranched alkanes of at least 4 members (excludes halogenated alkanes) is 1. The number of rotatable bonds is 7. The topological polar surface area (TPSA) is 98.7 Å². The van der Waals surface area contributed by atoms with Crippen molar-refractivity contribution in [2.75, 3.05) is 4.90 Å². The number of carboxylic acid groups (broad SMARTS) is 1. The van der Waals surface area contributed by atoms with Gasteiger partial charge < -0.3 is 5.11 Å². The van der Waals surface area contributed by atoms with Crippen molar-refractivity contribution in [3.63, 3.8) is 0 Å². The summed E-state index contributed by atoms with van der Waals surface area (Å²) < 4.78 is 13.5. The lowest BCUT2D eigenvalue weighted by Crippen LogP contribution is -2.52. The molecule has 3 atom stereocenters. The molecule has 1 amide bonds. The molecule has 2 heterocycles. The van der Waals surface area contributed by atoms with Crippen molar-refractivity contribution < 1.29 is 19.1 Å². The maximum absolute atomic E-state index is 13.5. The van der Waals surface area contributed by atoms with E-state index in [0.717, 1.165) is 11.3 Å². The van der Waals surface area contributed by atoms with E-state index in [9.17, 15) is 14.0 Å². The molecule has 2 aromatic rings. The van der Waals surface area contributed by atoms with Crippen molar-refractivity contribution in [3.05, 3.63) is 54.1 Å². The van der Waals surface area contributed by atoms with Gasteiger partial charge in [-0.2, -0.15) is 5.10 Å². The van der Waals surface area contributed by atoms with E-state index in [4.69, 9.17) is 10.1 Å². The van der Waals surface area contributed by atoms with Crippen molar-refractivity contribution in [2.45, 2.75) is 45.1 Å². The van der Waals surface area contributed by atoms with Crippen molar-refractivity contribution >= 4 is 29.0 Å². The molecule has 31 heavy (non-hydrogen) atoms. The molecule has 1 aliphatic carbocycles. The maximum Gasteiger partial charge on any atom is 0.303 e. The number of allylic oxidation sites excluding steroid dienone is 1. The van der Waals surface area contributed by atoms with Gasteiger partial charge in [-0.3, -0.25) is 24.6 Å². The number of H-pyrrole nitrogens is 1. The highest BCUT2D eigenvalue weighted by Gasteiger charge is 2.44. The Hall–Kier alpha value is -3.29. The monoisotopic (exact) mass is 424 g/mol. The number of carbonyl (C=O) groups is 2. The second-order valence-electron chi connectivity index (χ2n) is 8.04. The number of fused-ring (bicyclic) bond motifs is 1. The fourth-order valence-electron chi connectivity index (χ4n) is 4.44. The number of aromatic nitrogens is 2. The third kappa shape index (κ3) is 4.28. The number of hydrogen-bond acceptors (Lipinski definition) is 4. The number of aliphatic carboxylic acids is 1. The molecule has 0 spiro atoms. The summed E-state index contributed by atoms with van der Waals surface area (Å²) in [5.74, 6) is -0.945. The van der Waals surface area contributed by atoms with E-state index in [0.29, 0.717) is 37.2 Å². The quantitative estimate of drug-likeness (QED) is 0.655. The van der Waals surface area contributed by atoms with Crippen LogP contribution in [-0.2, 0) is 9.59 Å². The summed E-state index contributed by atoms with van der Waals surface area (Å²) in [6.07, 6.45) is 6.06. The minimum atomic E-state index is -0.841. The molecule has 0 bridgehead atoms. The molecule has 0 radical (unpaired) electrons. The van der Waals surface area contributed by atoms with Crippen LogP contribution in [0.2, 0.25) is 0 Å². The van der Waals surface area contributed by atoms with Crippen LogP contribution < -0.4 is 4.90 Å². The molecule has 1 aromatic carbocycles. The first kappa shape index (κ1) is 21.0. The number of benzene rings is 1. The van der Waals surface area contributed by atoms with Crippen LogP contribution in [0.3, 0.4) is 0 Å². The van der Waals surface area contributed by atoms with E-state index >= 15 is 0 Å². The van der Waals surface area contributed by atoms with Crippen LogP contribution in [0.4, 0.5) is 10.1 Å². The summed E-state index contributed by atoms with van der Waals surface area (Å²) in [6.45, 7) is 2.06. The minimum absolute atomic E-state index is 0.00962. The molecule has 0 fully saturated rings. The number of carboxylic acids is 1. The molecule has 3 unspecified atom stereocenters. The van der Waals surface area contributed by atoms with Crippen LogP contribution in [0.5, 0.6) is 0 Å². The Labute approximate surface area is 179 Å². The largest absolute Gasteiger partial charge is 0.481 e. The lowest BCUT2D eigenvalue weighted by atomic mass is 9.75. The Bertz CT molecular complexity index is 1010. The van der Waals surface area contributed by atoms with Gasteiger partial charge in [-0.25, -0.2) is 4.39 Å². The highest BCUT2D eigenvalue weighted by molar-refractivity contribution is 6.19. The summed E-state index contributed by atoms with van der Waals surface area (Å²) in [4.78, 5) is 31.0. The summed E-state index contributed by atoms with van der Waals surface area (Å²) in [5, 5.41) is 16.0. The lowest BCUT2D eigenvalue weighted by molar-refractivity contribution is -0.137. The zero-order valence-electron chi connectivity index (χ0n) is 17.3. The number of nitrogens with one attached hydrogen (secondary N) is 1. The highest BCUT2D eigenvalue weighted by Crippen LogP contribution is 2.40. The summed E-state index contributed by atoms with van der Waals surface area (Å²) >= 11 is 0. The first-order valence-corrected chi connectivity index (χ1v) is 10.5. The van der Waals surface area contributed by atoms with E-state index in [2.05, 4.69) is 23.2 Å². The number of amides is 1. The lowest BCUT2D eigenvalue weighted by Gasteiger charge is -2.41. The van der Waals surface area contributed by atoms with Crippen LogP contribution >= 0.6 is 0 Å². The number of anilines is 1. The van der Waals surface area contributed by atoms with Gasteiger partial charge >= 0.3 is 5.97 Å². The second kappa shape index (κ2) is 8.83. The van der Waals surface area contributed by atoms with Gasteiger partial charge in [0.1, 0.15) is 11.7 Å². The van der Waals surface area contributed by atoms with Crippen LogP contribution in [0.15, 0.2) is 47.6 Å². The first-order chi connectivity index (χ1) is 15.0. The molecular weight excluding hydrogens is 399 g/mol. The Kier molecular flexibility index (Phi) is 5.97. The fourth-order valence-corrected chi connectivity index (χ4v) is 4.44. The van der Waals surface area contributed by atoms with Gasteiger partial charge in [0.2, 0.25) is 5.91 Å². The van der Waals surface area contributed by atoms with Gasteiger partial charge in [0, 0.05) is 25.0 Å². The molecule has 0 saturated carbocycles. The SMILES string of the molecule is CC1C(c2cc[nH]n2)=CCC2C(=O)N(c3ccc(F)cc3)C(CCCCC(=O)O)=NC12. The maximum atomic E-state index is 13.5.